The maximum Gasteiger partial charge on any atom is 0.387 e. The van der Waals surface area contributed by atoms with E-state index in [4.69, 9.17) is 23.2 Å². The lowest BCUT2D eigenvalue weighted by Crippen LogP contribution is -2.37. The third-order valence-corrected chi connectivity index (χ3v) is 4.19. The predicted molar refractivity (Wildman–Crippen MR) is 99.7 cm³/mol. The van der Waals surface area contributed by atoms with Crippen LogP contribution < -0.4 is 10.1 Å². The highest BCUT2D eigenvalue weighted by atomic mass is 35.5. The average Bonchev–Trinajstić information content (AvgIpc) is 2.62. The molecule has 2 rings (SSSR count). The summed E-state index contributed by atoms with van der Waals surface area (Å²) in [5.41, 5.74) is 0.505. The van der Waals surface area contributed by atoms with Crippen molar-refractivity contribution in [1.82, 2.24) is 4.90 Å². The molecule has 0 aromatic heterocycles. The molecule has 2 amide bonds. The van der Waals surface area contributed by atoms with Crippen molar-refractivity contribution < 1.29 is 23.1 Å². The predicted octanol–water partition coefficient (Wildman–Crippen LogP) is 4.70. The van der Waals surface area contributed by atoms with Crippen LogP contribution in [-0.4, -0.2) is 36.4 Å². The minimum atomic E-state index is -2.95. The molecule has 0 atom stereocenters. The smallest absolute Gasteiger partial charge is 0.387 e. The molecule has 0 aliphatic heterocycles. The fraction of sp³-hybridized carbons (Fsp3) is 0.222. The summed E-state index contributed by atoms with van der Waals surface area (Å²) in [6.45, 7) is -1.20. The zero-order chi connectivity index (χ0) is 20.0. The zero-order valence-corrected chi connectivity index (χ0v) is 15.7. The molecule has 0 saturated carbocycles. The van der Waals surface area contributed by atoms with Crippen LogP contribution in [0.3, 0.4) is 0 Å². The summed E-state index contributed by atoms with van der Waals surface area (Å²) >= 11 is 12.0. The summed E-state index contributed by atoms with van der Waals surface area (Å²) in [5, 5.41) is 3.14. The Labute approximate surface area is 164 Å². The number of benzene rings is 2. The molecule has 0 bridgehead atoms. The van der Waals surface area contributed by atoms with Crippen LogP contribution in [0.25, 0.3) is 0 Å². The van der Waals surface area contributed by atoms with Crippen molar-refractivity contribution >= 4 is 40.7 Å². The molecule has 144 valence electrons. The van der Waals surface area contributed by atoms with Gasteiger partial charge in [-0.15, -0.1) is 0 Å². The first-order valence-corrected chi connectivity index (χ1v) is 8.65. The van der Waals surface area contributed by atoms with Gasteiger partial charge < -0.3 is 15.0 Å². The largest absolute Gasteiger partial charge is 0.435 e. The van der Waals surface area contributed by atoms with E-state index in [1.165, 1.54) is 29.2 Å². The third kappa shape index (κ3) is 5.80. The Morgan fingerprint density at radius 2 is 1.70 bits per heavy atom. The van der Waals surface area contributed by atoms with Crippen LogP contribution in [0.1, 0.15) is 17.3 Å². The van der Waals surface area contributed by atoms with Gasteiger partial charge in [0.1, 0.15) is 12.3 Å². The Morgan fingerprint density at radius 3 is 2.22 bits per heavy atom. The number of anilines is 1. The number of likely N-dealkylation sites (N-methyl/N-ethyl adjacent to an activating group) is 1. The number of amides is 2. The number of ether oxygens (including phenoxy) is 1. The minimum Gasteiger partial charge on any atom is -0.435 e. The van der Waals surface area contributed by atoms with E-state index in [2.05, 4.69) is 10.1 Å². The van der Waals surface area contributed by atoms with Crippen LogP contribution in [0.2, 0.25) is 10.0 Å². The fourth-order valence-corrected chi connectivity index (χ4v) is 2.75. The number of hydrogen-bond acceptors (Lipinski definition) is 3. The fourth-order valence-electron chi connectivity index (χ4n) is 2.26. The lowest BCUT2D eigenvalue weighted by Gasteiger charge is -2.21. The highest BCUT2D eigenvalue weighted by molar-refractivity contribution is 6.39. The molecule has 2 aromatic carbocycles. The quantitative estimate of drug-likeness (QED) is 0.711. The molecule has 5 nitrogen and oxygen atoms in total. The number of rotatable bonds is 7. The summed E-state index contributed by atoms with van der Waals surface area (Å²) in [6, 6.07) is 10.0. The Bertz CT molecular complexity index is 797. The van der Waals surface area contributed by atoms with Crippen molar-refractivity contribution in [2.24, 2.45) is 0 Å². The molecule has 0 fully saturated rings. The molecular weight excluding hydrogens is 401 g/mol. The van der Waals surface area contributed by atoms with Crippen LogP contribution >= 0.6 is 23.2 Å². The van der Waals surface area contributed by atoms with Gasteiger partial charge in [-0.25, -0.2) is 0 Å². The number of halogens is 4. The highest BCUT2D eigenvalue weighted by Gasteiger charge is 2.19. The highest BCUT2D eigenvalue weighted by Crippen LogP contribution is 2.29. The summed E-state index contributed by atoms with van der Waals surface area (Å²) in [5.74, 6) is -0.963. The molecule has 0 radical (unpaired) electrons. The van der Waals surface area contributed by atoms with E-state index >= 15 is 0 Å². The van der Waals surface area contributed by atoms with Gasteiger partial charge in [-0.1, -0.05) is 29.3 Å². The van der Waals surface area contributed by atoms with E-state index in [1.54, 1.807) is 25.1 Å². The lowest BCUT2D eigenvalue weighted by atomic mass is 10.2. The van der Waals surface area contributed by atoms with Crippen molar-refractivity contribution in [3.8, 4) is 5.75 Å². The van der Waals surface area contributed by atoms with Crippen molar-refractivity contribution in [3.05, 3.63) is 58.1 Å². The number of nitrogens with one attached hydrogen (secondary N) is 1. The summed E-state index contributed by atoms with van der Waals surface area (Å²) in [4.78, 5) is 26.1. The molecule has 9 heteroatoms. The standard InChI is InChI=1S/C18H16Cl2F2N2O3/c1-2-24(10-15(25)23-16-13(19)4-3-5-14(16)20)17(26)11-6-8-12(9-7-11)27-18(21)22/h3-9,18H,2,10H2,1H3,(H,23,25). The van der Waals surface area contributed by atoms with E-state index in [1.807, 2.05) is 0 Å². The van der Waals surface area contributed by atoms with Gasteiger partial charge in [0, 0.05) is 12.1 Å². The Balaban J connectivity index is 2.05. The average molecular weight is 417 g/mol. The summed E-state index contributed by atoms with van der Waals surface area (Å²) in [6.07, 6.45) is 0. The molecule has 27 heavy (non-hydrogen) atoms. The van der Waals surface area contributed by atoms with Gasteiger partial charge in [-0.2, -0.15) is 8.78 Å². The van der Waals surface area contributed by atoms with E-state index in [0.29, 0.717) is 0 Å². The molecule has 2 aromatic rings. The normalized spacial score (nSPS) is 10.6. The first-order chi connectivity index (χ1) is 12.8. The topological polar surface area (TPSA) is 58.6 Å². The number of carbonyl (C=O) groups is 2. The van der Waals surface area contributed by atoms with Gasteiger partial charge >= 0.3 is 6.61 Å². The second-order valence-electron chi connectivity index (χ2n) is 5.37. The maximum atomic E-state index is 12.5. The van der Waals surface area contributed by atoms with Crippen molar-refractivity contribution in [1.29, 1.82) is 0 Å². The summed E-state index contributed by atoms with van der Waals surface area (Å²) in [7, 11) is 0. The number of alkyl halides is 2. The minimum absolute atomic E-state index is 0.0595. The molecule has 0 spiro atoms. The Hall–Kier alpha value is -2.38. The lowest BCUT2D eigenvalue weighted by molar-refractivity contribution is -0.116. The maximum absolute atomic E-state index is 12.5. The number of carbonyl (C=O) groups excluding carboxylic acids is 2. The van der Waals surface area contributed by atoms with Gasteiger partial charge in [0.25, 0.3) is 5.91 Å². The second kappa shape index (κ2) is 9.53. The Kier molecular flexibility index (Phi) is 7.38. The number of nitrogens with zero attached hydrogens (tertiary/aromatic N) is 1. The van der Waals surface area contributed by atoms with Crippen LogP contribution in [0.5, 0.6) is 5.75 Å². The van der Waals surface area contributed by atoms with Gasteiger partial charge in [0.15, 0.2) is 0 Å². The molecule has 0 unspecified atom stereocenters. The van der Waals surface area contributed by atoms with E-state index in [0.717, 1.165) is 0 Å². The molecular formula is C18H16Cl2F2N2O3. The van der Waals surface area contributed by atoms with Crippen molar-refractivity contribution in [2.45, 2.75) is 13.5 Å². The monoisotopic (exact) mass is 416 g/mol. The van der Waals surface area contributed by atoms with Gasteiger partial charge in [-0.05, 0) is 43.3 Å². The van der Waals surface area contributed by atoms with Crippen LogP contribution in [-0.2, 0) is 4.79 Å². The van der Waals surface area contributed by atoms with Crippen LogP contribution in [0, 0.1) is 0 Å². The van der Waals surface area contributed by atoms with E-state index < -0.39 is 18.4 Å². The molecule has 0 heterocycles. The number of hydrogen-bond donors (Lipinski definition) is 1. The van der Waals surface area contributed by atoms with Crippen LogP contribution in [0.15, 0.2) is 42.5 Å². The van der Waals surface area contributed by atoms with Gasteiger partial charge in [0.2, 0.25) is 5.91 Å². The Morgan fingerprint density at radius 1 is 1.11 bits per heavy atom. The van der Waals surface area contributed by atoms with Crippen molar-refractivity contribution in [3.63, 3.8) is 0 Å². The van der Waals surface area contributed by atoms with E-state index in [9.17, 15) is 18.4 Å². The van der Waals surface area contributed by atoms with E-state index in [-0.39, 0.29) is 40.1 Å². The molecule has 0 saturated heterocycles. The number of para-hydroxylation sites is 1. The second-order valence-corrected chi connectivity index (χ2v) is 6.18. The van der Waals surface area contributed by atoms with Gasteiger partial charge in [0.05, 0.1) is 15.7 Å². The SMILES string of the molecule is CCN(CC(=O)Nc1c(Cl)cccc1Cl)C(=O)c1ccc(OC(F)F)cc1. The zero-order valence-electron chi connectivity index (χ0n) is 14.2. The van der Waals surface area contributed by atoms with Crippen LogP contribution in [0.4, 0.5) is 14.5 Å². The molecule has 1 N–H and O–H groups in total. The third-order valence-electron chi connectivity index (χ3n) is 3.56. The molecule has 0 aliphatic carbocycles. The molecule has 0 aliphatic rings. The van der Waals surface area contributed by atoms with Gasteiger partial charge in [-0.3, -0.25) is 9.59 Å². The summed E-state index contributed by atoms with van der Waals surface area (Å²) < 4.78 is 28.6. The first kappa shape index (κ1) is 20.9. The van der Waals surface area contributed by atoms with Crippen molar-refractivity contribution in [2.75, 3.05) is 18.4 Å². The first-order valence-electron chi connectivity index (χ1n) is 7.89.